The third kappa shape index (κ3) is 4.62. The van der Waals surface area contributed by atoms with Crippen molar-refractivity contribution in [1.82, 2.24) is 9.97 Å². The zero-order valence-corrected chi connectivity index (χ0v) is 22.6. The van der Waals surface area contributed by atoms with E-state index >= 15 is 0 Å². The summed E-state index contributed by atoms with van der Waals surface area (Å²) < 4.78 is 1.07. The summed E-state index contributed by atoms with van der Waals surface area (Å²) in [6.45, 7) is 0. The van der Waals surface area contributed by atoms with Crippen LogP contribution in [0.15, 0.2) is 144 Å². The second-order valence-electron chi connectivity index (χ2n) is 9.63. The quantitative estimate of drug-likeness (QED) is 0.213. The molecule has 0 aliphatic heterocycles. The van der Waals surface area contributed by atoms with Gasteiger partial charge in [-0.3, -0.25) is 0 Å². The molecule has 1 heterocycles. The van der Waals surface area contributed by atoms with Crippen molar-refractivity contribution in [3.63, 3.8) is 0 Å². The van der Waals surface area contributed by atoms with E-state index in [0.29, 0.717) is 0 Å². The van der Waals surface area contributed by atoms with Crippen LogP contribution in [0, 0.1) is 0 Å². The third-order valence-corrected chi connectivity index (χ3v) is 7.68. The molecule has 7 rings (SSSR count). The van der Waals surface area contributed by atoms with Gasteiger partial charge in [0.25, 0.3) is 0 Å². The summed E-state index contributed by atoms with van der Waals surface area (Å²) in [5.74, 6) is 0. The van der Waals surface area contributed by atoms with Crippen LogP contribution < -0.4 is 0 Å². The van der Waals surface area contributed by atoms with Crippen molar-refractivity contribution in [2.45, 2.75) is 0 Å². The molecule has 0 saturated carbocycles. The van der Waals surface area contributed by atoms with Crippen LogP contribution in [0.4, 0.5) is 0 Å². The van der Waals surface area contributed by atoms with Gasteiger partial charge in [0.05, 0.1) is 22.4 Å². The summed E-state index contributed by atoms with van der Waals surface area (Å²) in [5, 5.41) is 2.49. The molecular formula is C36H23BrN2. The van der Waals surface area contributed by atoms with Crippen LogP contribution in [-0.4, -0.2) is 9.97 Å². The molecule has 0 aliphatic rings. The van der Waals surface area contributed by atoms with Gasteiger partial charge in [0.2, 0.25) is 0 Å². The number of halogens is 1. The van der Waals surface area contributed by atoms with Gasteiger partial charge in [-0.05, 0) is 63.4 Å². The first-order chi connectivity index (χ1) is 19.2. The number of rotatable bonds is 4. The molecule has 184 valence electrons. The lowest BCUT2D eigenvalue weighted by Gasteiger charge is -2.12. The number of benzene rings is 6. The van der Waals surface area contributed by atoms with Crippen molar-refractivity contribution < 1.29 is 0 Å². The number of hydrogen-bond acceptors (Lipinski definition) is 2. The van der Waals surface area contributed by atoms with Crippen LogP contribution in [0.1, 0.15) is 0 Å². The molecule has 0 aliphatic carbocycles. The van der Waals surface area contributed by atoms with Crippen LogP contribution in [0.5, 0.6) is 0 Å². The number of nitrogens with zero attached hydrogens (tertiary/aromatic N) is 2. The average Bonchev–Trinajstić information content (AvgIpc) is 3.01. The lowest BCUT2D eigenvalue weighted by molar-refractivity contribution is 1.29. The number of fused-ring (bicyclic) bond motifs is 2. The Bertz CT molecular complexity index is 1940. The minimum Gasteiger partial charge on any atom is -0.244 e. The second-order valence-corrected chi connectivity index (χ2v) is 10.5. The zero-order valence-electron chi connectivity index (χ0n) is 21.1. The lowest BCUT2D eigenvalue weighted by atomic mass is 9.97. The molecule has 0 atom stereocenters. The molecule has 1 aromatic heterocycles. The van der Waals surface area contributed by atoms with Crippen LogP contribution in [0.25, 0.3) is 66.6 Å². The maximum atomic E-state index is 5.09. The van der Waals surface area contributed by atoms with E-state index < -0.39 is 0 Å². The third-order valence-electron chi connectivity index (χ3n) is 7.15. The van der Waals surface area contributed by atoms with E-state index in [1.165, 1.54) is 33.0 Å². The van der Waals surface area contributed by atoms with Crippen molar-refractivity contribution in [2.75, 3.05) is 0 Å². The van der Waals surface area contributed by atoms with Gasteiger partial charge in [-0.1, -0.05) is 125 Å². The van der Waals surface area contributed by atoms with Crippen molar-refractivity contribution in [3.05, 3.63) is 144 Å². The fraction of sp³-hybridized carbons (Fsp3) is 0. The van der Waals surface area contributed by atoms with E-state index in [0.717, 1.165) is 38.0 Å². The Balaban J connectivity index is 1.30. The van der Waals surface area contributed by atoms with Gasteiger partial charge in [-0.15, -0.1) is 0 Å². The first-order valence-corrected chi connectivity index (χ1v) is 13.7. The zero-order chi connectivity index (χ0) is 26.2. The SMILES string of the molecule is Brc1ccc(-c2ccc(-c3nc4ccccc4nc3-c3ccc(-c4ccc5ccccc5c4)cc3)cc2)cc1. The normalized spacial score (nSPS) is 11.2. The molecule has 0 radical (unpaired) electrons. The molecule has 0 fully saturated rings. The van der Waals surface area contributed by atoms with Gasteiger partial charge in [-0.25, -0.2) is 9.97 Å². The maximum Gasteiger partial charge on any atom is 0.0973 e. The molecule has 0 amide bonds. The van der Waals surface area contributed by atoms with E-state index in [2.05, 4.69) is 131 Å². The summed E-state index contributed by atoms with van der Waals surface area (Å²) in [4.78, 5) is 10.2. The number of hydrogen-bond donors (Lipinski definition) is 0. The minimum atomic E-state index is 0.884. The number of para-hydroxylation sites is 2. The molecular weight excluding hydrogens is 540 g/mol. The molecule has 2 nitrogen and oxygen atoms in total. The highest BCUT2D eigenvalue weighted by Crippen LogP contribution is 2.34. The summed E-state index contributed by atoms with van der Waals surface area (Å²) >= 11 is 3.52. The molecule has 0 spiro atoms. The van der Waals surface area contributed by atoms with E-state index in [-0.39, 0.29) is 0 Å². The van der Waals surface area contributed by atoms with Crippen LogP contribution in [0.2, 0.25) is 0 Å². The van der Waals surface area contributed by atoms with E-state index in [9.17, 15) is 0 Å². The highest BCUT2D eigenvalue weighted by Gasteiger charge is 2.14. The largest absolute Gasteiger partial charge is 0.244 e. The van der Waals surface area contributed by atoms with E-state index in [4.69, 9.17) is 9.97 Å². The second kappa shape index (κ2) is 9.94. The minimum absolute atomic E-state index is 0.884. The highest BCUT2D eigenvalue weighted by atomic mass is 79.9. The first-order valence-electron chi connectivity index (χ1n) is 12.9. The summed E-state index contributed by atoms with van der Waals surface area (Å²) in [6, 6.07) is 48.8. The van der Waals surface area contributed by atoms with Gasteiger partial charge in [0.1, 0.15) is 0 Å². The van der Waals surface area contributed by atoms with Gasteiger partial charge in [-0.2, -0.15) is 0 Å². The predicted octanol–water partition coefficient (Wildman–Crippen LogP) is 10.2. The van der Waals surface area contributed by atoms with E-state index in [1.807, 2.05) is 24.3 Å². The van der Waals surface area contributed by atoms with Crippen molar-refractivity contribution in [1.29, 1.82) is 0 Å². The Morgan fingerprint density at radius 1 is 0.359 bits per heavy atom. The molecule has 6 aromatic carbocycles. The summed E-state index contributed by atoms with van der Waals surface area (Å²) in [6.07, 6.45) is 0. The Kier molecular flexibility index (Phi) is 5.99. The fourth-order valence-corrected chi connectivity index (χ4v) is 5.32. The van der Waals surface area contributed by atoms with Crippen LogP contribution >= 0.6 is 15.9 Å². The molecule has 39 heavy (non-hydrogen) atoms. The molecule has 0 N–H and O–H groups in total. The van der Waals surface area contributed by atoms with Gasteiger partial charge in [0.15, 0.2) is 0 Å². The monoisotopic (exact) mass is 562 g/mol. The summed E-state index contributed by atoms with van der Waals surface area (Å²) in [5.41, 5.74) is 10.4. The van der Waals surface area contributed by atoms with E-state index in [1.54, 1.807) is 0 Å². The molecule has 0 unspecified atom stereocenters. The van der Waals surface area contributed by atoms with Gasteiger partial charge < -0.3 is 0 Å². The van der Waals surface area contributed by atoms with Crippen molar-refractivity contribution in [2.24, 2.45) is 0 Å². The smallest absolute Gasteiger partial charge is 0.0973 e. The molecule has 0 saturated heterocycles. The van der Waals surface area contributed by atoms with Crippen molar-refractivity contribution >= 4 is 37.7 Å². The van der Waals surface area contributed by atoms with Gasteiger partial charge in [0, 0.05) is 15.6 Å². The average molecular weight is 563 g/mol. The maximum absolute atomic E-state index is 5.09. The molecule has 0 bridgehead atoms. The Hall–Kier alpha value is -4.60. The topological polar surface area (TPSA) is 25.8 Å². The predicted molar refractivity (Wildman–Crippen MR) is 166 cm³/mol. The van der Waals surface area contributed by atoms with Gasteiger partial charge >= 0.3 is 0 Å². The highest BCUT2D eigenvalue weighted by molar-refractivity contribution is 9.10. The Labute approximate surface area is 235 Å². The molecule has 3 heteroatoms. The van der Waals surface area contributed by atoms with Crippen LogP contribution in [-0.2, 0) is 0 Å². The lowest BCUT2D eigenvalue weighted by Crippen LogP contribution is -1.95. The van der Waals surface area contributed by atoms with Crippen LogP contribution in [0.3, 0.4) is 0 Å². The summed E-state index contributed by atoms with van der Waals surface area (Å²) in [7, 11) is 0. The number of aromatic nitrogens is 2. The molecule has 7 aromatic rings. The standard InChI is InChI=1S/C36H23BrN2/c37-32-21-19-26(20-22-32)25-9-14-28(15-10-25)35-36(39-34-8-4-3-7-33(34)38-35)29-16-11-27(12-17-29)31-18-13-24-5-1-2-6-30(24)23-31/h1-23H. The fourth-order valence-electron chi connectivity index (χ4n) is 5.05. The Morgan fingerprint density at radius 3 is 1.33 bits per heavy atom. The van der Waals surface area contributed by atoms with Crippen molar-refractivity contribution in [3.8, 4) is 44.8 Å². The first kappa shape index (κ1) is 23.5. The Morgan fingerprint density at radius 2 is 0.769 bits per heavy atom.